The van der Waals surface area contributed by atoms with Gasteiger partial charge in [0, 0.05) is 32.1 Å². The molecule has 2 aromatic carbocycles. The van der Waals surface area contributed by atoms with Crippen molar-refractivity contribution >= 4 is 5.91 Å². The molecule has 0 N–H and O–H groups in total. The molecule has 1 unspecified atom stereocenters. The number of hydrogen-bond acceptors (Lipinski definition) is 3. The van der Waals surface area contributed by atoms with Crippen molar-refractivity contribution < 1.29 is 9.63 Å². The summed E-state index contributed by atoms with van der Waals surface area (Å²) >= 11 is 0. The summed E-state index contributed by atoms with van der Waals surface area (Å²) in [4.78, 5) is 20.0. The third-order valence-corrected chi connectivity index (χ3v) is 5.31. The van der Waals surface area contributed by atoms with Gasteiger partial charge in [0.1, 0.15) is 0 Å². The Balaban J connectivity index is 1.72. The minimum Gasteiger partial charge on any atom is -0.292 e. The zero-order valence-electron chi connectivity index (χ0n) is 15.7. The fourth-order valence-electron chi connectivity index (χ4n) is 3.81. The molecule has 1 fully saturated rings. The molecule has 0 aliphatic heterocycles. The average molecular weight is 352 g/mol. The Hall–Kier alpha value is -2.17. The molecule has 26 heavy (non-hydrogen) atoms. The second kappa shape index (κ2) is 8.97. The molecular formula is C22H28N2O2. The highest BCUT2D eigenvalue weighted by molar-refractivity contribution is 5.77. The first kappa shape index (κ1) is 18.6. The fraction of sp³-hybridized carbons (Fsp3) is 0.409. The van der Waals surface area contributed by atoms with Gasteiger partial charge in [-0.1, -0.05) is 60.7 Å². The number of hydroxylamine groups is 2. The molecular weight excluding hydrogens is 324 g/mol. The van der Waals surface area contributed by atoms with E-state index in [1.165, 1.54) is 16.2 Å². The molecule has 0 radical (unpaired) electrons. The Labute approximate surface area is 156 Å². The van der Waals surface area contributed by atoms with E-state index in [4.69, 9.17) is 4.84 Å². The quantitative estimate of drug-likeness (QED) is 0.709. The smallest absolute Gasteiger partial charge is 0.249 e. The average Bonchev–Trinajstić information content (AvgIpc) is 3.18. The minimum absolute atomic E-state index is 0.0546. The van der Waals surface area contributed by atoms with E-state index in [0.717, 1.165) is 32.4 Å². The van der Waals surface area contributed by atoms with Gasteiger partial charge in [-0.25, -0.2) is 5.06 Å². The summed E-state index contributed by atoms with van der Waals surface area (Å²) in [7, 11) is 3.24. The first-order chi connectivity index (χ1) is 12.7. The number of carbonyl (C=O) groups excluding carboxylic acids is 1. The van der Waals surface area contributed by atoms with Crippen molar-refractivity contribution in [3.05, 3.63) is 71.8 Å². The molecule has 3 rings (SSSR count). The summed E-state index contributed by atoms with van der Waals surface area (Å²) in [5, 5.41) is 1.37. The van der Waals surface area contributed by atoms with Crippen LogP contribution in [-0.2, 0) is 22.7 Å². The molecule has 1 aliphatic carbocycles. The molecule has 4 heteroatoms. The summed E-state index contributed by atoms with van der Waals surface area (Å²) in [6.07, 6.45) is 2.87. The van der Waals surface area contributed by atoms with Crippen molar-refractivity contribution in [2.45, 2.75) is 38.4 Å². The van der Waals surface area contributed by atoms with Gasteiger partial charge in [-0.05, 0) is 30.4 Å². The topological polar surface area (TPSA) is 32.8 Å². The highest BCUT2D eigenvalue weighted by atomic mass is 16.7. The summed E-state index contributed by atoms with van der Waals surface area (Å²) < 4.78 is 0. The van der Waals surface area contributed by atoms with Crippen LogP contribution < -0.4 is 0 Å². The van der Waals surface area contributed by atoms with Crippen LogP contribution in [0.1, 0.15) is 30.4 Å². The molecule has 2 aromatic rings. The number of amides is 1. The van der Waals surface area contributed by atoms with Gasteiger partial charge in [-0.2, -0.15) is 0 Å². The molecule has 0 aromatic heterocycles. The first-order valence-electron chi connectivity index (χ1n) is 9.31. The van der Waals surface area contributed by atoms with E-state index in [1.807, 2.05) is 0 Å². The largest absolute Gasteiger partial charge is 0.292 e. The molecule has 1 aliphatic rings. The number of benzene rings is 2. The van der Waals surface area contributed by atoms with E-state index < -0.39 is 0 Å². The lowest BCUT2D eigenvalue weighted by atomic mass is 10.1. The van der Waals surface area contributed by atoms with Crippen molar-refractivity contribution in [1.29, 1.82) is 0 Å². The fourth-order valence-corrected chi connectivity index (χ4v) is 3.81. The van der Waals surface area contributed by atoms with Gasteiger partial charge in [-0.3, -0.25) is 14.5 Å². The molecule has 2 atom stereocenters. The van der Waals surface area contributed by atoms with Crippen LogP contribution >= 0.6 is 0 Å². The van der Waals surface area contributed by atoms with Crippen LogP contribution in [0.3, 0.4) is 0 Å². The summed E-state index contributed by atoms with van der Waals surface area (Å²) in [6.45, 7) is 1.81. The van der Waals surface area contributed by atoms with Crippen LogP contribution in [0.15, 0.2) is 60.7 Å². The van der Waals surface area contributed by atoms with Crippen LogP contribution in [0.5, 0.6) is 0 Å². The van der Waals surface area contributed by atoms with Gasteiger partial charge in [0.05, 0.1) is 7.11 Å². The van der Waals surface area contributed by atoms with Crippen LogP contribution in [-0.4, -0.2) is 36.1 Å². The molecule has 4 nitrogen and oxygen atoms in total. The zero-order chi connectivity index (χ0) is 18.4. The molecule has 0 bridgehead atoms. The first-order valence-corrected chi connectivity index (χ1v) is 9.31. The molecule has 1 amide bonds. The Bertz CT molecular complexity index is 648. The lowest BCUT2D eigenvalue weighted by Gasteiger charge is -2.29. The van der Waals surface area contributed by atoms with Gasteiger partial charge < -0.3 is 0 Å². The van der Waals surface area contributed by atoms with E-state index in [1.54, 1.807) is 14.2 Å². The van der Waals surface area contributed by atoms with Crippen molar-refractivity contribution in [2.24, 2.45) is 5.92 Å². The lowest BCUT2D eigenvalue weighted by Crippen LogP contribution is -2.35. The van der Waals surface area contributed by atoms with Gasteiger partial charge in [0.25, 0.3) is 0 Å². The van der Waals surface area contributed by atoms with Crippen molar-refractivity contribution in [3.63, 3.8) is 0 Å². The SMILES string of the molecule is CON(C)C(=O)C1CC[C@H](N(Cc2ccccc2)Cc2ccccc2)C1. The normalized spacial score (nSPS) is 19.7. The Morgan fingerprint density at radius 3 is 2.00 bits per heavy atom. The third kappa shape index (κ3) is 4.71. The highest BCUT2D eigenvalue weighted by Crippen LogP contribution is 2.32. The van der Waals surface area contributed by atoms with Gasteiger partial charge in [0.2, 0.25) is 5.91 Å². The monoisotopic (exact) mass is 352 g/mol. The Morgan fingerprint density at radius 1 is 0.962 bits per heavy atom. The Morgan fingerprint density at radius 2 is 1.50 bits per heavy atom. The molecule has 0 heterocycles. The second-order valence-electron chi connectivity index (χ2n) is 7.06. The van der Waals surface area contributed by atoms with E-state index in [-0.39, 0.29) is 11.8 Å². The van der Waals surface area contributed by atoms with E-state index >= 15 is 0 Å². The van der Waals surface area contributed by atoms with Gasteiger partial charge >= 0.3 is 0 Å². The number of hydrogen-bond donors (Lipinski definition) is 0. The van der Waals surface area contributed by atoms with Gasteiger partial charge in [0.15, 0.2) is 0 Å². The lowest BCUT2D eigenvalue weighted by molar-refractivity contribution is -0.173. The second-order valence-corrected chi connectivity index (χ2v) is 7.06. The van der Waals surface area contributed by atoms with Crippen molar-refractivity contribution in [1.82, 2.24) is 9.96 Å². The van der Waals surface area contributed by atoms with Gasteiger partial charge in [-0.15, -0.1) is 0 Å². The number of nitrogens with zero attached hydrogens (tertiary/aromatic N) is 2. The maximum absolute atomic E-state index is 12.4. The van der Waals surface area contributed by atoms with Crippen LogP contribution in [0.25, 0.3) is 0 Å². The minimum atomic E-state index is 0.0546. The summed E-state index contributed by atoms with van der Waals surface area (Å²) in [6, 6.07) is 21.6. The predicted molar refractivity (Wildman–Crippen MR) is 103 cm³/mol. The molecule has 138 valence electrons. The van der Waals surface area contributed by atoms with Crippen LogP contribution in [0.4, 0.5) is 0 Å². The maximum atomic E-state index is 12.4. The molecule has 0 saturated heterocycles. The zero-order valence-corrected chi connectivity index (χ0v) is 15.7. The van der Waals surface area contributed by atoms with Crippen LogP contribution in [0.2, 0.25) is 0 Å². The van der Waals surface area contributed by atoms with E-state index in [0.29, 0.717) is 6.04 Å². The summed E-state index contributed by atoms with van der Waals surface area (Å²) in [5.41, 5.74) is 2.62. The van der Waals surface area contributed by atoms with Crippen LogP contribution in [0, 0.1) is 5.92 Å². The number of rotatable bonds is 7. The predicted octanol–water partition coefficient (Wildman–Crippen LogP) is 3.88. The molecule has 0 spiro atoms. The summed E-state index contributed by atoms with van der Waals surface area (Å²) in [5.74, 6) is 0.147. The van der Waals surface area contributed by atoms with Crippen molar-refractivity contribution in [2.75, 3.05) is 14.2 Å². The number of carbonyl (C=O) groups is 1. The highest BCUT2D eigenvalue weighted by Gasteiger charge is 2.34. The maximum Gasteiger partial charge on any atom is 0.249 e. The standard InChI is InChI=1S/C22H28N2O2/c1-23(26-2)22(25)20-13-14-21(15-20)24(16-18-9-5-3-6-10-18)17-19-11-7-4-8-12-19/h3-12,20-21H,13-17H2,1-2H3/t20?,21-/m0/s1. The van der Waals surface area contributed by atoms with Crippen molar-refractivity contribution in [3.8, 4) is 0 Å². The third-order valence-electron chi connectivity index (χ3n) is 5.31. The van der Waals surface area contributed by atoms with E-state index in [2.05, 4.69) is 65.6 Å². The Kier molecular flexibility index (Phi) is 6.42. The van der Waals surface area contributed by atoms with E-state index in [9.17, 15) is 4.79 Å². The molecule has 1 saturated carbocycles.